The average molecular weight is 434 g/mol. The van der Waals surface area contributed by atoms with Crippen molar-refractivity contribution < 1.29 is 14.7 Å². The number of nitrogens with one attached hydrogen (secondary N) is 1. The van der Waals surface area contributed by atoms with E-state index in [1.54, 1.807) is 0 Å². The second-order valence-electron chi connectivity index (χ2n) is 8.23. The van der Waals surface area contributed by atoms with Crippen LogP contribution in [0.2, 0.25) is 0 Å². The van der Waals surface area contributed by atoms with E-state index in [4.69, 9.17) is 0 Å². The lowest BCUT2D eigenvalue weighted by Gasteiger charge is -2.27. The van der Waals surface area contributed by atoms with Crippen molar-refractivity contribution in [1.82, 2.24) is 5.32 Å². The molecular formula is C29H23NO3. The maximum Gasteiger partial charge on any atom is 0.327 e. The number of carboxylic acids is 1. The topological polar surface area (TPSA) is 66.4 Å². The van der Waals surface area contributed by atoms with Crippen LogP contribution in [0, 0.1) is 0 Å². The number of amides is 1. The van der Waals surface area contributed by atoms with Gasteiger partial charge in [0.15, 0.2) is 0 Å². The summed E-state index contributed by atoms with van der Waals surface area (Å²) in [7, 11) is 0. The molecule has 4 nitrogen and oxygen atoms in total. The highest BCUT2D eigenvalue weighted by molar-refractivity contribution is 5.98. The maximum absolute atomic E-state index is 13.7. The van der Waals surface area contributed by atoms with E-state index in [0.717, 1.165) is 33.4 Å². The first-order valence-corrected chi connectivity index (χ1v) is 11.0. The molecule has 0 aliphatic heterocycles. The summed E-state index contributed by atoms with van der Waals surface area (Å²) in [4.78, 5) is 26.2. The molecule has 1 atom stereocenters. The van der Waals surface area contributed by atoms with E-state index >= 15 is 0 Å². The highest BCUT2D eigenvalue weighted by Crippen LogP contribution is 2.44. The molecular weight excluding hydrogens is 410 g/mol. The highest BCUT2D eigenvalue weighted by Gasteiger charge is 2.38. The van der Waals surface area contributed by atoms with Crippen LogP contribution in [0.3, 0.4) is 0 Å². The van der Waals surface area contributed by atoms with Gasteiger partial charge in [0, 0.05) is 5.92 Å². The Hall–Kier alpha value is -4.18. The largest absolute Gasteiger partial charge is 0.480 e. The van der Waals surface area contributed by atoms with Crippen LogP contribution in [0.1, 0.15) is 34.1 Å². The number of carbonyl (C=O) groups excluding carboxylic acids is 1. The number of hydrogen-bond donors (Lipinski definition) is 2. The van der Waals surface area contributed by atoms with Crippen molar-refractivity contribution in [2.75, 3.05) is 0 Å². The number of fused-ring (bicyclic) bond motifs is 3. The van der Waals surface area contributed by atoms with Crippen molar-refractivity contribution in [3.8, 4) is 11.1 Å². The summed E-state index contributed by atoms with van der Waals surface area (Å²) in [5.41, 5.74) is 5.51. The predicted molar refractivity (Wildman–Crippen MR) is 128 cm³/mol. The predicted octanol–water partition coefficient (Wildman–Crippen LogP) is 5.20. The Labute approximate surface area is 192 Å². The Morgan fingerprint density at radius 3 is 1.52 bits per heavy atom. The standard InChI is InChI=1S/C29H23NO3/c31-28(26-23-17-9-7-15-21(23)22-16-8-10-18-24(22)26)30-27(29(32)33)25(19-11-3-1-4-12-19)20-13-5-2-6-14-20/h1-18,25-27H,(H,30,31)(H,32,33)/t27-/m1/s1. The molecule has 0 aromatic heterocycles. The van der Waals surface area contributed by atoms with Gasteiger partial charge in [-0.2, -0.15) is 0 Å². The molecule has 4 heteroatoms. The van der Waals surface area contributed by atoms with Crippen molar-refractivity contribution in [1.29, 1.82) is 0 Å². The molecule has 1 aliphatic rings. The lowest BCUT2D eigenvalue weighted by molar-refractivity contribution is -0.142. The van der Waals surface area contributed by atoms with E-state index < -0.39 is 23.8 Å². The summed E-state index contributed by atoms with van der Waals surface area (Å²) >= 11 is 0. The van der Waals surface area contributed by atoms with Gasteiger partial charge in [0.2, 0.25) is 5.91 Å². The van der Waals surface area contributed by atoms with Crippen molar-refractivity contribution in [2.45, 2.75) is 17.9 Å². The van der Waals surface area contributed by atoms with Gasteiger partial charge in [0.05, 0.1) is 5.92 Å². The Kier molecular flexibility index (Phi) is 5.49. The fraction of sp³-hybridized carbons (Fsp3) is 0.103. The summed E-state index contributed by atoms with van der Waals surface area (Å²) in [5.74, 6) is -2.45. The second kappa shape index (κ2) is 8.75. The summed E-state index contributed by atoms with van der Waals surface area (Å²) in [6.45, 7) is 0. The number of aliphatic carboxylic acids is 1. The van der Waals surface area contributed by atoms with Gasteiger partial charge in [0.1, 0.15) is 6.04 Å². The molecule has 2 N–H and O–H groups in total. The molecule has 0 bridgehead atoms. The fourth-order valence-corrected chi connectivity index (χ4v) is 4.86. The summed E-state index contributed by atoms with van der Waals surface area (Å²) in [6, 6.07) is 33.5. The molecule has 0 unspecified atom stereocenters. The van der Waals surface area contributed by atoms with E-state index in [-0.39, 0.29) is 5.91 Å². The minimum Gasteiger partial charge on any atom is -0.480 e. The zero-order chi connectivity index (χ0) is 22.8. The number of carbonyl (C=O) groups is 2. The number of benzene rings is 4. The van der Waals surface area contributed by atoms with Crippen LogP contribution in [-0.4, -0.2) is 23.0 Å². The first-order chi connectivity index (χ1) is 16.1. The molecule has 0 saturated heterocycles. The van der Waals surface area contributed by atoms with Crippen LogP contribution >= 0.6 is 0 Å². The zero-order valence-electron chi connectivity index (χ0n) is 17.9. The van der Waals surface area contributed by atoms with E-state index in [1.165, 1.54) is 0 Å². The smallest absolute Gasteiger partial charge is 0.327 e. The van der Waals surface area contributed by atoms with Crippen LogP contribution in [0.4, 0.5) is 0 Å². The lowest BCUT2D eigenvalue weighted by atomic mass is 9.84. The van der Waals surface area contributed by atoms with Crippen molar-refractivity contribution in [2.24, 2.45) is 0 Å². The van der Waals surface area contributed by atoms with Crippen LogP contribution in [0.5, 0.6) is 0 Å². The average Bonchev–Trinajstić information content (AvgIpc) is 3.19. The molecule has 0 spiro atoms. The molecule has 4 aromatic rings. The third-order valence-electron chi connectivity index (χ3n) is 6.31. The quantitative estimate of drug-likeness (QED) is 0.439. The Balaban J connectivity index is 1.55. The molecule has 0 fully saturated rings. The second-order valence-corrected chi connectivity index (χ2v) is 8.23. The van der Waals surface area contributed by atoms with Gasteiger partial charge in [-0.15, -0.1) is 0 Å². The molecule has 4 aromatic carbocycles. The first-order valence-electron chi connectivity index (χ1n) is 11.0. The van der Waals surface area contributed by atoms with E-state index in [0.29, 0.717) is 0 Å². The third kappa shape index (κ3) is 3.80. The van der Waals surface area contributed by atoms with E-state index in [2.05, 4.69) is 5.32 Å². The number of carboxylic acid groups (broad SMARTS) is 1. The lowest BCUT2D eigenvalue weighted by Crippen LogP contribution is -2.47. The Morgan fingerprint density at radius 1 is 0.636 bits per heavy atom. The van der Waals surface area contributed by atoms with Gasteiger partial charge in [-0.3, -0.25) is 4.79 Å². The van der Waals surface area contributed by atoms with Crippen molar-refractivity contribution in [3.05, 3.63) is 131 Å². The molecule has 162 valence electrons. The van der Waals surface area contributed by atoms with Gasteiger partial charge >= 0.3 is 5.97 Å². The summed E-state index contributed by atoms with van der Waals surface area (Å²) in [5, 5.41) is 13.1. The van der Waals surface area contributed by atoms with Gasteiger partial charge in [-0.1, -0.05) is 109 Å². The number of hydrogen-bond acceptors (Lipinski definition) is 2. The molecule has 1 aliphatic carbocycles. The highest BCUT2D eigenvalue weighted by atomic mass is 16.4. The minimum absolute atomic E-state index is 0.309. The van der Waals surface area contributed by atoms with Gasteiger partial charge < -0.3 is 10.4 Å². The van der Waals surface area contributed by atoms with Crippen LogP contribution in [-0.2, 0) is 9.59 Å². The normalized spacial score (nSPS) is 13.2. The summed E-state index contributed by atoms with van der Waals surface area (Å²) in [6.07, 6.45) is 0. The first kappa shape index (κ1) is 20.7. The third-order valence-corrected chi connectivity index (χ3v) is 6.31. The van der Waals surface area contributed by atoms with Crippen LogP contribution in [0.15, 0.2) is 109 Å². The van der Waals surface area contributed by atoms with Gasteiger partial charge in [-0.25, -0.2) is 4.79 Å². The van der Waals surface area contributed by atoms with Gasteiger partial charge in [0.25, 0.3) is 0 Å². The number of rotatable bonds is 6. The molecule has 0 heterocycles. The fourth-order valence-electron chi connectivity index (χ4n) is 4.86. The molecule has 33 heavy (non-hydrogen) atoms. The SMILES string of the molecule is O=C(N[C@@H](C(=O)O)C(c1ccccc1)c1ccccc1)C1c2ccccc2-c2ccccc21. The molecule has 0 saturated carbocycles. The van der Waals surface area contributed by atoms with E-state index in [1.807, 2.05) is 109 Å². The minimum atomic E-state index is -1.12. The van der Waals surface area contributed by atoms with Crippen molar-refractivity contribution in [3.63, 3.8) is 0 Å². The van der Waals surface area contributed by atoms with Crippen molar-refractivity contribution >= 4 is 11.9 Å². The molecule has 0 radical (unpaired) electrons. The molecule has 1 amide bonds. The van der Waals surface area contributed by atoms with Crippen LogP contribution < -0.4 is 5.32 Å². The van der Waals surface area contributed by atoms with Gasteiger partial charge in [-0.05, 0) is 33.4 Å². The molecule has 5 rings (SSSR count). The summed E-state index contributed by atoms with van der Waals surface area (Å²) < 4.78 is 0. The van der Waals surface area contributed by atoms with E-state index in [9.17, 15) is 14.7 Å². The zero-order valence-corrected chi connectivity index (χ0v) is 17.9. The monoisotopic (exact) mass is 433 g/mol. The Morgan fingerprint density at radius 2 is 1.06 bits per heavy atom. The maximum atomic E-state index is 13.7. The Bertz CT molecular complexity index is 1220. The van der Waals surface area contributed by atoms with Crippen LogP contribution in [0.25, 0.3) is 11.1 Å².